The minimum atomic E-state index is -0.165. The quantitative estimate of drug-likeness (QED) is 0.895. The maximum Gasteiger partial charge on any atom is 0.317 e. The summed E-state index contributed by atoms with van der Waals surface area (Å²) in [5.41, 5.74) is 1.05. The van der Waals surface area contributed by atoms with E-state index < -0.39 is 0 Å². The van der Waals surface area contributed by atoms with Crippen LogP contribution in [0, 0.1) is 12.8 Å². The first-order chi connectivity index (χ1) is 10.6. The Morgan fingerprint density at radius 1 is 1.27 bits per heavy atom. The van der Waals surface area contributed by atoms with E-state index in [0.29, 0.717) is 18.4 Å². The van der Waals surface area contributed by atoms with E-state index in [1.165, 1.54) is 0 Å². The van der Waals surface area contributed by atoms with Crippen molar-refractivity contribution >= 4 is 17.8 Å². The third-order valence-corrected chi connectivity index (χ3v) is 4.15. The van der Waals surface area contributed by atoms with E-state index in [0.717, 1.165) is 37.8 Å². The fraction of sp³-hybridized carbons (Fsp3) is 0.562. The zero-order valence-electron chi connectivity index (χ0n) is 12.8. The molecule has 1 aromatic heterocycles. The van der Waals surface area contributed by atoms with Gasteiger partial charge >= 0.3 is 6.03 Å². The fourth-order valence-electron chi connectivity index (χ4n) is 2.64. The number of nitrogens with one attached hydrogen (secondary N) is 2. The molecule has 1 aliphatic carbocycles. The van der Waals surface area contributed by atoms with Crippen molar-refractivity contribution in [3.63, 3.8) is 0 Å². The van der Waals surface area contributed by atoms with Crippen molar-refractivity contribution in [1.82, 2.24) is 15.2 Å². The first-order valence-corrected chi connectivity index (χ1v) is 7.91. The summed E-state index contributed by atoms with van der Waals surface area (Å²) < 4.78 is 0. The van der Waals surface area contributed by atoms with Gasteiger partial charge in [-0.05, 0) is 44.2 Å². The zero-order valence-corrected chi connectivity index (χ0v) is 12.8. The van der Waals surface area contributed by atoms with Crippen molar-refractivity contribution in [1.29, 1.82) is 0 Å². The molecule has 1 saturated heterocycles. The second kappa shape index (κ2) is 6.34. The highest BCUT2D eigenvalue weighted by Crippen LogP contribution is 2.22. The number of aryl methyl sites for hydroxylation is 1. The van der Waals surface area contributed by atoms with Crippen LogP contribution in [0.3, 0.4) is 0 Å². The number of carbonyl (C=O) groups is 2. The molecule has 6 heteroatoms. The van der Waals surface area contributed by atoms with Crippen LogP contribution < -0.4 is 10.6 Å². The molecule has 0 bridgehead atoms. The number of carbonyl (C=O) groups excluding carboxylic acids is 2. The molecule has 3 rings (SSSR count). The normalized spacial score (nSPS) is 21.3. The predicted molar refractivity (Wildman–Crippen MR) is 83.5 cm³/mol. The molecule has 0 radical (unpaired) electrons. The molecule has 0 unspecified atom stereocenters. The number of hydrogen-bond acceptors (Lipinski definition) is 3. The summed E-state index contributed by atoms with van der Waals surface area (Å²) in [6, 6.07) is 4.03. The summed E-state index contributed by atoms with van der Waals surface area (Å²) in [7, 11) is 0. The van der Waals surface area contributed by atoms with E-state index in [9.17, 15) is 9.59 Å². The SMILES string of the molecule is Cc1ccc(NC(=O)[C@H]2CCCN(C(=O)NC3CC3)C2)nc1. The fourth-order valence-corrected chi connectivity index (χ4v) is 2.64. The van der Waals surface area contributed by atoms with Gasteiger partial charge in [0, 0.05) is 25.3 Å². The molecule has 2 N–H and O–H groups in total. The molecular weight excluding hydrogens is 280 g/mol. The van der Waals surface area contributed by atoms with Gasteiger partial charge in [-0.2, -0.15) is 0 Å². The van der Waals surface area contributed by atoms with Crippen LogP contribution in [-0.2, 0) is 4.79 Å². The first kappa shape index (κ1) is 14.8. The third-order valence-electron chi connectivity index (χ3n) is 4.15. The minimum absolute atomic E-state index is 0.0338. The molecule has 0 aromatic carbocycles. The lowest BCUT2D eigenvalue weighted by Crippen LogP contribution is -2.48. The highest BCUT2D eigenvalue weighted by Gasteiger charge is 2.31. The van der Waals surface area contributed by atoms with E-state index in [1.807, 2.05) is 13.0 Å². The lowest BCUT2D eigenvalue weighted by molar-refractivity contribution is -0.121. The summed E-state index contributed by atoms with van der Waals surface area (Å²) in [4.78, 5) is 30.4. The van der Waals surface area contributed by atoms with E-state index in [4.69, 9.17) is 0 Å². The molecule has 118 valence electrons. The number of likely N-dealkylation sites (tertiary alicyclic amines) is 1. The summed E-state index contributed by atoms with van der Waals surface area (Å²) in [6.45, 7) is 3.16. The number of anilines is 1. The third kappa shape index (κ3) is 3.75. The summed E-state index contributed by atoms with van der Waals surface area (Å²) >= 11 is 0. The average Bonchev–Trinajstić information content (AvgIpc) is 3.33. The molecule has 1 aliphatic heterocycles. The highest BCUT2D eigenvalue weighted by molar-refractivity contribution is 5.92. The number of rotatable bonds is 3. The Morgan fingerprint density at radius 2 is 2.09 bits per heavy atom. The van der Waals surface area contributed by atoms with Gasteiger partial charge in [-0.15, -0.1) is 0 Å². The highest BCUT2D eigenvalue weighted by atomic mass is 16.2. The molecule has 2 fully saturated rings. The molecule has 1 aromatic rings. The summed E-state index contributed by atoms with van der Waals surface area (Å²) in [6.07, 6.45) is 5.54. The molecular formula is C16H22N4O2. The Balaban J connectivity index is 1.55. The van der Waals surface area contributed by atoms with Crippen LogP contribution in [0.2, 0.25) is 0 Å². The molecule has 1 saturated carbocycles. The van der Waals surface area contributed by atoms with Crippen LogP contribution in [0.15, 0.2) is 18.3 Å². The van der Waals surface area contributed by atoms with Gasteiger partial charge in [-0.1, -0.05) is 6.07 Å². The number of urea groups is 1. The van der Waals surface area contributed by atoms with Crippen LogP contribution >= 0.6 is 0 Å². The lowest BCUT2D eigenvalue weighted by atomic mass is 9.97. The second-order valence-corrected chi connectivity index (χ2v) is 6.22. The Hall–Kier alpha value is -2.11. The van der Waals surface area contributed by atoms with Crippen LogP contribution in [0.25, 0.3) is 0 Å². The number of amides is 3. The summed E-state index contributed by atoms with van der Waals surface area (Å²) in [5, 5.41) is 5.82. The van der Waals surface area contributed by atoms with Gasteiger partial charge in [0.2, 0.25) is 5.91 Å². The van der Waals surface area contributed by atoms with Gasteiger partial charge in [0.05, 0.1) is 5.92 Å². The number of aromatic nitrogens is 1. The Bertz CT molecular complexity index is 554. The standard InChI is InChI=1S/C16H22N4O2/c1-11-4-7-14(17-9-11)19-15(21)12-3-2-8-20(10-12)16(22)18-13-5-6-13/h4,7,9,12-13H,2-3,5-6,8,10H2,1H3,(H,18,22)(H,17,19,21)/t12-/m0/s1. The minimum Gasteiger partial charge on any atom is -0.335 e. The van der Waals surface area contributed by atoms with E-state index >= 15 is 0 Å². The topological polar surface area (TPSA) is 74.3 Å². The van der Waals surface area contributed by atoms with Gasteiger partial charge in [0.1, 0.15) is 5.82 Å². The molecule has 2 aliphatic rings. The Labute approximate surface area is 130 Å². The zero-order chi connectivity index (χ0) is 15.5. The number of nitrogens with zero attached hydrogens (tertiary/aromatic N) is 2. The van der Waals surface area contributed by atoms with Crippen molar-refractivity contribution in [2.24, 2.45) is 5.92 Å². The molecule has 2 heterocycles. The van der Waals surface area contributed by atoms with Crippen LogP contribution in [0.1, 0.15) is 31.2 Å². The summed E-state index contributed by atoms with van der Waals surface area (Å²) in [5.74, 6) is 0.345. The molecule has 1 atom stereocenters. The predicted octanol–water partition coefficient (Wildman–Crippen LogP) is 1.91. The maximum atomic E-state index is 12.3. The van der Waals surface area contributed by atoms with Gasteiger partial charge in [-0.3, -0.25) is 4.79 Å². The van der Waals surface area contributed by atoms with E-state index in [-0.39, 0.29) is 17.9 Å². The van der Waals surface area contributed by atoms with Gasteiger partial charge in [-0.25, -0.2) is 9.78 Å². The number of piperidine rings is 1. The van der Waals surface area contributed by atoms with Crippen molar-refractivity contribution in [3.05, 3.63) is 23.9 Å². The largest absolute Gasteiger partial charge is 0.335 e. The number of hydrogen-bond donors (Lipinski definition) is 2. The molecule has 0 spiro atoms. The smallest absolute Gasteiger partial charge is 0.317 e. The average molecular weight is 302 g/mol. The first-order valence-electron chi connectivity index (χ1n) is 7.91. The molecule has 22 heavy (non-hydrogen) atoms. The van der Waals surface area contributed by atoms with Crippen LogP contribution in [0.5, 0.6) is 0 Å². The van der Waals surface area contributed by atoms with Gasteiger partial charge in [0.25, 0.3) is 0 Å². The van der Waals surface area contributed by atoms with Crippen LogP contribution in [-0.4, -0.2) is 41.0 Å². The monoisotopic (exact) mass is 302 g/mol. The lowest BCUT2D eigenvalue weighted by Gasteiger charge is -2.32. The van der Waals surface area contributed by atoms with Crippen molar-refractivity contribution < 1.29 is 9.59 Å². The van der Waals surface area contributed by atoms with E-state index in [2.05, 4.69) is 15.6 Å². The van der Waals surface area contributed by atoms with E-state index in [1.54, 1.807) is 17.2 Å². The van der Waals surface area contributed by atoms with Gasteiger partial charge < -0.3 is 15.5 Å². The molecule has 3 amide bonds. The van der Waals surface area contributed by atoms with Crippen molar-refractivity contribution in [3.8, 4) is 0 Å². The number of pyridine rings is 1. The maximum absolute atomic E-state index is 12.3. The van der Waals surface area contributed by atoms with Crippen LogP contribution in [0.4, 0.5) is 10.6 Å². The van der Waals surface area contributed by atoms with Crippen molar-refractivity contribution in [2.45, 2.75) is 38.6 Å². The van der Waals surface area contributed by atoms with Crippen molar-refractivity contribution in [2.75, 3.05) is 18.4 Å². The Morgan fingerprint density at radius 3 is 2.77 bits per heavy atom. The second-order valence-electron chi connectivity index (χ2n) is 6.22. The molecule has 6 nitrogen and oxygen atoms in total. The van der Waals surface area contributed by atoms with Gasteiger partial charge in [0.15, 0.2) is 0 Å². The Kier molecular flexibility index (Phi) is 4.27.